The molecule has 3 rings (SSSR count). The van der Waals surface area contributed by atoms with Gasteiger partial charge in [-0.2, -0.15) is 0 Å². The minimum absolute atomic E-state index is 0.0879. The number of likely N-dealkylation sites (tertiary alicyclic amines) is 1. The molecule has 0 saturated carbocycles. The fourth-order valence-corrected chi connectivity index (χ4v) is 2.93. The van der Waals surface area contributed by atoms with Crippen molar-refractivity contribution < 1.29 is 13.9 Å². The highest BCUT2D eigenvalue weighted by Crippen LogP contribution is 2.28. The molecule has 0 aromatic carbocycles. The number of halogens is 1. The zero-order chi connectivity index (χ0) is 14.8. The molecule has 3 heterocycles. The molecule has 1 amide bonds. The number of amides is 1. The topological polar surface area (TPSA) is 54.5 Å². The number of morpholine rings is 1. The predicted octanol–water partition coefficient (Wildman–Crippen LogP) is 2.05. The van der Waals surface area contributed by atoms with Crippen LogP contribution in [-0.2, 0) is 4.74 Å². The smallest absolute Gasteiger partial charge is 0.257 e. The van der Waals surface area contributed by atoms with Crippen LogP contribution in [0.2, 0.25) is 0 Å². The van der Waals surface area contributed by atoms with Crippen LogP contribution in [0, 0.1) is 5.82 Å². The van der Waals surface area contributed by atoms with Crippen LogP contribution in [-0.4, -0.2) is 47.6 Å². The molecule has 1 aromatic heterocycles. The highest BCUT2D eigenvalue weighted by atomic mass is 19.1. The first-order valence-corrected chi connectivity index (χ1v) is 7.52. The van der Waals surface area contributed by atoms with Gasteiger partial charge in [-0.25, -0.2) is 9.37 Å². The van der Waals surface area contributed by atoms with Crippen molar-refractivity contribution >= 4 is 11.7 Å². The second kappa shape index (κ2) is 5.97. The van der Waals surface area contributed by atoms with Gasteiger partial charge in [-0.05, 0) is 25.3 Å². The monoisotopic (exact) mass is 293 g/mol. The zero-order valence-corrected chi connectivity index (χ0v) is 12.1. The van der Waals surface area contributed by atoms with E-state index in [0.717, 1.165) is 19.3 Å². The standard InChI is InChI=1S/C15H20FN3O2/c1-2-6-17-14-13(16)12(5-7-18-14)15(20)19-8-10-3-4-11(9-19)21-10/h5,7,10-11H,2-4,6,8-9H2,1H3,(H,17,18). The molecular formula is C15H20FN3O2. The molecule has 1 N–H and O–H groups in total. The number of ether oxygens (including phenoxy) is 1. The molecule has 5 nitrogen and oxygen atoms in total. The average molecular weight is 293 g/mol. The first-order valence-electron chi connectivity index (χ1n) is 7.52. The second-order valence-electron chi connectivity index (χ2n) is 5.62. The summed E-state index contributed by atoms with van der Waals surface area (Å²) in [5.41, 5.74) is 0.0879. The van der Waals surface area contributed by atoms with Crippen LogP contribution in [0.15, 0.2) is 12.3 Å². The first-order chi connectivity index (χ1) is 10.2. The van der Waals surface area contributed by atoms with Crippen molar-refractivity contribution in [2.24, 2.45) is 0 Å². The van der Waals surface area contributed by atoms with Crippen molar-refractivity contribution in [1.29, 1.82) is 0 Å². The van der Waals surface area contributed by atoms with Gasteiger partial charge < -0.3 is 15.0 Å². The molecule has 2 bridgehead atoms. The van der Waals surface area contributed by atoms with Crippen molar-refractivity contribution in [2.75, 3.05) is 25.0 Å². The fourth-order valence-electron chi connectivity index (χ4n) is 2.93. The van der Waals surface area contributed by atoms with Gasteiger partial charge in [0, 0.05) is 25.8 Å². The Kier molecular flexibility index (Phi) is 4.05. The van der Waals surface area contributed by atoms with Gasteiger partial charge in [0.05, 0.1) is 17.8 Å². The lowest BCUT2D eigenvalue weighted by Crippen LogP contribution is -2.46. The number of nitrogens with zero attached hydrogens (tertiary/aromatic N) is 2. The molecule has 0 spiro atoms. The normalized spacial score (nSPS) is 24.2. The van der Waals surface area contributed by atoms with E-state index in [4.69, 9.17) is 4.74 Å². The van der Waals surface area contributed by atoms with Crippen LogP contribution in [0.1, 0.15) is 36.5 Å². The molecule has 6 heteroatoms. The largest absolute Gasteiger partial charge is 0.371 e. The van der Waals surface area contributed by atoms with E-state index in [1.165, 1.54) is 12.3 Å². The second-order valence-corrected chi connectivity index (χ2v) is 5.62. The number of carbonyl (C=O) groups is 1. The fraction of sp³-hybridized carbons (Fsp3) is 0.600. The Morgan fingerprint density at radius 1 is 1.48 bits per heavy atom. The summed E-state index contributed by atoms with van der Waals surface area (Å²) >= 11 is 0. The van der Waals surface area contributed by atoms with Crippen molar-refractivity contribution in [2.45, 2.75) is 38.4 Å². The molecule has 114 valence electrons. The summed E-state index contributed by atoms with van der Waals surface area (Å²) in [5, 5.41) is 2.91. The van der Waals surface area contributed by atoms with Gasteiger partial charge in [0.15, 0.2) is 11.6 Å². The Hall–Kier alpha value is -1.69. The van der Waals surface area contributed by atoms with E-state index in [-0.39, 0.29) is 29.5 Å². The number of pyridine rings is 1. The van der Waals surface area contributed by atoms with E-state index in [0.29, 0.717) is 19.6 Å². The molecule has 2 aliphatic heterocycles. The van der Waals surface area contributed by atoms with Gasteiger partial charge in [-0.3, -0.25) is 4.79 Å². The number of rotatable bonds is 4. The zero-order valence-electron chi connectivity index (χ0n) is 12.1. The number of hydrogen-bond acceptors (Lipinski definition) is 4. The molecule has 0 aliphatic carbocycles. The maximum absolute atomic E-state index is 14.4. The van der Waals surface area contributed by atoms with E-state index in [2.05, 4.69) is 10.3 Å². The quantitative estimate of drug-likeness (QED) is 0.923. The Morgan fingerprint density at radius 2 is 2.19 bits per heavy atom. The van der Waals surface area contributed by atoms with E-state index in [1.807, 2.05) is 6.92 Å². The molecular weight excluding hydrogens is 273 g/mol. The number of carbonyl (C=O) groups excluding carboxylic acids is 1. The Balaban J connectivity index is 1.78. The molecule has 21 heavy (non-hydrogen) atoms. The third kappa shape index (κ3) is 2.85. The van der Waals surface area contributed by atoms with Gasteiger partial charge >= 0.3 is 0 Å². The van der Waals surface area contributed by atoms with Gasteiger partial charge in [0.25, 0.3) is 5.91 Å². The van der Waals surface area contributed by atoms with Crippen LogP contribution >= 0.6 is 0 Å². The predicted molar refractivity (Wildman–Crippen MR) is 76.8 cm³/mol. The van der Waals surface area contributed by atoms with Gasteiger partial charge in [0.1, 0.15) is 0 Å². The number of hydrogen-bond donors (Lipinski definition) is 1. The van der Waals surface area contributed by atoms with Crippen molar-refractivity contribution in [3.8, 4) is 0 Å². The van der Waals surface area contributed by atoms with Gasteiger partial charge in [-0.1, -0.05) is 6.92 Å². The number of fused-ring (bicyclic) bond motifs is 2. The Bertz CT molecular complexity index is 526. The Morgan fingerprint density at radius 3 is 2.86 bits per heavy atom. The van der Waals surface area contributed by atoms with Gasteiger partial charge in [-0.15, -0.1) is 0 Å². The maximum Gasteiger partial charge on any atom is 0.257 e. The van der Waals surface area contributed by atoms with E-state index < -0.39 is 5.82 Å². The lowest BCUT2D eigenvalue weighted by atomic mass is 10.2. The van der Waals surface area contributed by atoms with Crippen LogP contribution in [0.5, 0.6) is 0 Å². The van der Waals surface area contributed by atoms with Crippen molar-refractivity contribution in [3.05, 3.63) is 23.6 Å². The van der Waals surface area contributed by atoms with E-state index in [1.54, 1.807) is 4.90 Å². The number of nitrogens with one attached hydrogen (secondary N) is 1. The molecule has 1 aromatic rings. The minimum atomic E-state index is -0.560. The third-order valence-electron chi connectivity index (χ3n) is 3.99. The summed E-state index contributed by atoms with van der Waals surface area (Å²) in [6, 6.07) is 1.45. The Labute approximate surface area is 123 Å². The summed E-state index contributed by atoms with van der Waals surface area (Å²) in [4.78, 5) is 18.2. The van der Waals surface area contributed by atoms with Crippen LogP contribution in [0.3, 0.4) is 0 Å². The lowest BCUT2D eigenvalue weighted by molar-refractivity contribution is -0.0304. The molecule has 2 saturated heterocycles. The molecule has 2 unspecified atom stereocenters. The lowest BCUT2D eigenvalue weighted by Gasteiger charge is -2.32. The van der Waals surface area contributed by atoms with E-state index >= 15 is 0 Å². The highest BCUT2D eigenvalue weighted by molar-refractivity contribution is 5.95. The SMILES string of the molecule is CCCNc1nccc(C(=O)N2CC3CCC(C2)O3)c1F. The minimum Gasteiger partial charge on any atom is -0.371 e. The van der Waals surface area contributed by atoms with Crippen LogP contribution in [0.4, 0.5) is 10.2 Å². The molecule has 0 radical (unpaired) electrons. The number of aromatic nitrogens is 1. The maximum atomic E-state index is 14.4. The van der Waals surface area contributed by atoms with Gasteiger partial charge in [0.2, 0.25) is 0 Å². The third-order valence-corrected chi connectivity index (χ3v) is 3.99. The first kappa shape index (κ1) is 14.3. The summed E-state index contributed by atoms with van der Waals surface area (Å²) in [7, 11) is 0. The van der Waals surface area contributed by atoms with Crippen LogP contribution in [0.25, 0.3) is 0 Å². The highest BCUT2D eigenvalue weighted by Gasteiger charge is 2.36. The summed E-state index contributed by atoms with van der Waals surface area (Å²) in [6.07, 6.45) is 4.52. The van der Waals surface area contributed by atoms with E-state index in [9.17, 15) is 9.18 Å². The summed E-state index contributed by atoms with van der Waals surface area (Å²) in [5.74, 6) is -0.677. The van der Waals surface area contributed by atoms with Crippen molar-refractivity contribution in [3.63, 3.8) is 0 Å². The molecule has 2 atom stereocenters. The molecule has 2 aliphatic rings. The number of anilines is 1. The van der Waals surface area contributed by atoms with Crippen molar-refractivity contribution in [1.82, 2.24) is 9.88 Å². The molecule has 2 fully saturated rings. The average Bonchev–Trinajstić information content (AvgIpc) is 2.84. The summed E-state index contributed by atoms with van der Waals surface area (Å²) in [6.45, 7) is 3.72. The van der Waals surface area contributed by atoms with Crippen LogP contribution < -0.4 is 5.32 Å². The summed E-state index contributed by atoms with van der Waals surface area (Å²) < 4.78 is 20.1.